The van der Waals surface area contributed by atoms with Gasteiger partial charge in [-0.2, -0.15) is 0 Å². The normalized spacial score (nSPS) is 12.1. The summed E-state index contributed by atoms with van der Waals surface area (Å²) in [4.78, 5) is 23.8. The summed E-state index contributed by atoms with van der Waals surface area (Å²) in [5, 5.41) is 5.47. The SMILES string of the molecule is COc1ccc(NC(C)=O)cc1NC(=O)C(C)Oc1ccc(C(C)(C)C)cc1. The van der Waals surface area contributed by atoms with Gasteiger partial charge >= 0.3 is 0 Å². The van der Waals surface area contributed by atoms with Crippen LogP contribution in [0.5, 0.6) is 11.5 Å². The Morgan fingerprint density at radius 3 is 2.18 bits per heavy atom. The van der Waals surface area contributed by atoms with Gasteiger partial charge in [0.1, 0.15) is 11.5 Å². The van der Waals surface area contributed by atoms with Gasteiger partial charge in [-0.15, -0.1) is 0 Å². The van der Waals surface area contributed by atoms with Gasteiger partial charge in [0.05, 0.1) is 12.8 Å². The second-order valence-corrected chi connectivity index (χ2v) is 7.62. The largest absolute Gasteiger partial charge is 0.495 e. The van der Waals surface area contributed by atoms with Crippen molar-refractivity contribution in [2.24, 2.45) is 0 Å². The van der Waals surface area contributed by atoms with E-state index >= 15 is 0 Å². The number of rotatable bonds is 6. The lowest BCUT2D eigenvalue weighted by Crippen LogP contribution is -2.30. The standard InChI is InChI=1S/C22H28N2O4/c1-14(28-18-10-7-16(8-11-18)22(3,4)5)21(26)24-19-13-17(23-15(2)25)9-12-20(19)27-6/h7-14H,1-6H3,(H,23,25)(H,24,26). The molecule has 0 bridgehead atoms. The molecule has 6 heteroatoms. The molecule has 2 amide bonds. The van der Waals surface area contributed by atoms with Crippen molar-refractivity contribution in [3.05, 3.63) is 48.0 Å². The Morgan fingerprint density at radius 2 is 1.64 bits per heavy atom. The number of ether oxygens (including phenoxy) is 2. The minimum absolute atomic E-state index is 0.0526. The van der Waals surface area contributed by atoms with Crippen LogP contribution >= 0.6 is 0 Å². The molecule has 2 aromatic rings. The van der Waals surface area contributed by atoms with E-state index in [0.29, 0.717) is 22.9 Å². The average Bonchev–Trinajstić information content (AvgIpc) is 2.61. The molecule has 0 aliphatic carbocycles. The number of hydrogen-bond acceptors (Lipinski definition) is 4. The molecular weight excluding hydrogens is 356 g/mol. The van der Waals surface area contributed by atoms with Crippen molar-refractivity contribution in [3.8, 4) is 11.5 Å². The lowest BCUT2D eigenvalue weighted by atomic mass is 9.87. The molecule has 28 heavy (non-hydrogen) atoms. The van der Waals surface area contributed by atoms with Crippen LogP contribution in [-0.2, 0) is 15.0 Å². The number of anilines is 2. The second kappa shape index (κ2) is 8.78. The fraction of sp³-hybridized carbons (Fsp3) is 0.364. The molecule has 150 valence electrons. The highest BCUT2D eigenvalue weighted by molar-refractivity contribution is 5.97. The lowest BCUT2D eigenvalue weighted by Gasteiger charge is -2.20. The van der Waals surface area contributed by atoms with E-state index in [0.717, 1.165) is 0 Å². The van der Waals surface area contributed by atoms with E-state index in [-0.39, 0.29) is 17.2 Å². The van der Waals surface area contributed by atoms with Crippen molar-refractivity contribution in [2.45, 2.75) is 46.1 Å². The van der Waals surface area contributed by atoms with E-state index in [1.807, 2.05) is 24.3 Å². The van der Waals surface area contributed by atoms with Gasteiger partial charge < -0.3 is 20.1 Å². The van der Waals surface area contributed by atoms with Crippen molar-refractivity contribution in [1.29, 1.82) is 0 Å². The predicted octanol–water partition coefficient (Wildman–Crippen LogP) is 4.36. The van der Waals surface area contributed by atoms with Gasteiger partial charge in [-0.1, -0.05) is 32.9 Å². The molecule has 0 aliphatic heterocycles. The van der Waals surface area contributed by atoms with Gasteiger partial charge in [-0.25, -0.2) is 0 Å². The molecule has 0 saturated heterocycles. The molecular formula is C22H28N2O4. The Kier molecular flexibility index (Phi) is 6.67. The first-order chi connectivity index (χ1) is 13.1. The molecule has 0 spiro atoms. The molecule has 0 aliphatic rings. The van der Waals surface area contributed by atoms with Crippen LogP contribution in [-0.4, -0.2) is 25.0 Å². The maximum absolute atomic E-state index is 12.6. The molecule has 2 N–H and O–H groups in total. The number of carbonyl (C=O) groups is 2. The van der Waals surface area contributed by atoms with E-state index in [1.165, 1.54) is 19.6 Å². The third-order valence-corrected chi connectivity index (χ3v) is 4.18. The Bertz CT molecular complexity index is 839. The maximum Gasteiger partial charge on any atom is 0.265 e. The highest BCUT2D eigenvalue weighted by Gasteiger charge is 2.18. The first-order valence-electron chi connectivity index (χ1n) is 9.14. The summed E-state index contributed by atoms with van der Waals surface area (Å²) in [6, 6.07) is 12.7. The summed E-state index contributed by atoms with van der Waals surface area (Å²) >= 11 is 0. The van der Waals surface area contributed by atoms with Crippen LogP contribution in [0.25, 0.3) is 0 Å². The zero-order valence-electron chi connectivity index (χ0n) is 17.3. The van der Waals surface area contributed by atoms with Crippen molar-refractivity contribution >= 4 is 23.2 Å². The predicted molar refractivity (Wildman–Crippen MR) is 111 cm³/mol. The summed E-state index contributed by atoms with van der Waals surface area (Å²) < 4.78 is 11.0. The van der Waals surface area contributed by atoms with E-state index < -0.39 is 6.10 Å². The van der Waals surface area contributed by atoms with E-state index in [9.17, 15) is 9.59 Å². The average molecular weight is 384 g/mol. The first-order valence-corrected chi connectivity index (χ1v) is 9.14. The quantitative estimate of drug-likeness (QED) is 0.776. The summed E-state index contributed by atoms with van der Waals surface area (Å²) in [6.45, 7) is 9.52. The zero-order chi connectivity index (χ0) is 20.9. The lowest BCUT2D eigenvalue weighted by molar-refractivity contribution is -0.122. The molecule has 0 aromatic heterocycles. The minimum Gasteiger partial charge on any atom is -0.495 e. The van der Waals surface area contributed by atoms with Crippen molar-refractivity contribution in [2.75, 3.05) is 17.7 Å². The fourth-order valence-electron chi connectivity index (χ4n) is 2.61. The first kappa shape index (κ1) is 21.3. The van der Waals surface area contributed by atoms with Gasteiger partial charge in [0.15, 0.2) is 6.10 Å². The number of methoxy groups -OCH3 is 1. The molecule has 0 heterocycles. The summed E-state index contributed by atoms with van der Waals surface area (Å²) in [5.74, 6) is 0.592. The third kappa shape index (κ3) is 5.74. The van der Waals surface area contributed by atoms with Gasteiger partial charge in [-0.3, -0.25) is 9.59 Å². The second-order valence-electron chi connectivity index (χ2n) is 7.62. The smallest absolute Gasteiger partial charge is 0.265 e. The highest BCUT2D eigenvalue weighted by Crippen LogP contribution is 2.28. The van der Waals surface area contributed by atoms with Crippen molar-refractivity contribution < 1.29 is 19.1 Å². The molecule has 0 saturated carbocycles. The topological polar surface area (TPSA) is 76.7 Å². The van der Waals surface area contributed by atoms with E-state index in [2.05, 4.69) is 31.4 Å². The third-order valence-electron chi connectivity index (χ3n) is 4.18. The monoisotopic (exact) mass is 384 g/mol. The zero-order valence-corrected chi connectivity index (χ0v) is 17.3. The summed E-state index contributed by atoms with van der Waals surface area (Å²) in [7, 11) is 1.51. The van der Waals surface area contributed by atoms with Crippen LogP contribution in [0.4, 0.5) is 11.4 Å². The Balaban J connectivity index is 2.08. The number of benzene rings is 2. The Hall–Kier alpha value is -3.02. The number of amides is 2. The molecule has 2 aromatic carbocycles. The molecule has 1 unspecified atom stereocenters. The molecule has 0 radical (unpaired) electrons. The van der Waals surface area contributed by atoms with Crippen molar-refractivity contribution in [3.63, 3.8) is 0 Å². The number of carbonyl (C=O) groups excluding carboxylic acids is 2. The maximum atomic E-state index is 12.6. The highest BCUT2D eigenvalue weighted by atomic mass is 16.5. The van der Waals surface area contributed by atoms with Crippen LogP contribution in [0.2, 0.25) is 0 Å². The number of hydrogen-bond donors (Lipinski definition) is 2. The minimum atomic E-state index is -0.713. The van der Waals surface area contributed by atoms with Gasteiger partial charge in [0, 0.05) is 12.6 Å². The van der Waals surface area contributed by atoms with Crippen LogP contribution in [0.1, 0.15) is 40.2 Å². The summed E-state index contributed by atoms with van der Waals surface area (Å²) in [6.07, 6.45) is -0.713. The molecule has 2 rings (SSSR count). The molecule has 6 nitrogen and oxygen atoms in total. The number of nitrogens with one attached hydrogen (secondary N) is 2. The summed E-state index contributed by atoms with van der Waals surface area (Å²) in [5.41, 5.74) is 2.26. The van der Waals surface area contributed by atoms with Gasteiger partial charge in [-0.05, 0) is 48.2 Å². The molecule has 0 fully saturated rings. The van der Waals surface area contributed by atoms with Crippen LogP contribution in [0, 0.1) is 0 Å². The van der Waals surface area contributed by atoms with E-state index in [1.54, 1.807) is 25.1 Å². The molecule has 1 atom stereocenters. The van der Waals surface area contributed by atoms with Crippen LogP contribution in [0.15, 0.2) is 42.5 Å². The van der Waals surface area contributed by atoms with E-state index in [4.69, 9.17) is 9.47 Å². The van der Waals surface area contributed by atoms with Crippen LogP contribution < -0.4 is 20.1 Å². The van der Waals surface area contributed by atoms with Gasteiger partial charge in [0.2, 0.25) is 5.91 Å². The van der Waals surface area contributed by atoms with Gasteiger partial charge in [0.25, 0.3) is 5.91 Å². The van der Waals surface area contributed by atoms with Crippen molar-refractivity contribution in [1.82, 2.24) is 0 Å². The Morgan fingerprint density at radius 1 is 1.00 bits per heavy atom. The van der Waals surface area contributed by atoms with Crippen LogP contribution in [0.3, 0.4) is 0 Å². The fourth-order valence-corrected chi connectivity index (χ4v) is 2.61. The Labute approximate surface area is 166 Å².